The summed E-state index contributed by atoms with van der Waals surface area (Å²) in [6, 6.07) is 3.46. The van der Waals surface area contributed by atoms with E-state index in [1.54, 1.807) is 18.2 Å². The molecule has 0 unspecified atom stereocenters. The molecule has 0 heterocycles. The molecular formula is C14H20ClN3O3. The van der Waals surface area contributed by atoms with E-state index in [1.807, 2.05) is 13.8 Å². The number of methoxy groups -OCH3 is 1. The van der Waals surface area contributed by atoms with Crippen LogP contribution >= 0.6 is 11.6 Å². The molecule has 116 valence electrons. The first-order chi connectivity index (χ1) is 9.88. The first-order valence-electron chi connectivity index (χ1n) is 6.59. The van der Waals surface area contributed by atoms with Gasteiger partial charge in [0.1, 0.15) is 11.8 Å². The number of halogens is 1. The minimum absolute atomic E-state index is 0.0498. The van der Waals surface area contributed by atoms with Crippen LogP contribution in [0.5, 0.6) is 5.75 Å². The minimum Gasteiger partial charge on any atom is -0.495 e. The average Bonchev–Trinajstić information content (AvgIpc) is 2.43. The number of carbonyl (C=O) groups is 2. The van der Waals surface area contributed by atoms with Gasteiger partial charge in [0.2, 0.25) is 5.91 Å². The summed E-state index contributed by atoms with van der Waals surface area (Å²) in [5.74, 6) is 0.124. The van der Waals surface area contributed by atoms with Crippen LogP contribution in [0, 0.1) is 5.92 Å². The van der Waals surface area contributed by atoms with Gasteiger partial charge in [-0.3, -0.25) is 4.79 Å². The predicted octanol–water partition coefficient (Wildman–Crippen LogP) is 2.37. The topological polar surface area (TPSA) is 93.5 Å². The number of benzene rings is 1. The molecule has 3 amide bonds. The summed E-state index contributed by atoms with van der Waals surface area (Å²) in [6.45, 7) is 3.79. The lowest BCUT2D eigenvalue weighted by Gasteiger charge is -2.22. The fourth-order valence-corrected chi connectivity index (χ4v) is 2.08. The second kappa shape index (κ2) is 7.73. The minimum atomic E-state index is -0.733. The van der Waals surface area contributed by atoms with Crippen LogP contribution in [0.15, 0.2) is 18.2 Å². The van der Waals surface area contributed by atoms with E-state index in [4.69, 9.17) is 22.1 Å². The number of nitrogens with two attached hydrogens (primary N) is 1. The average molecular weight is 314 g/mol. The number of urea groups is 1. The molecule has 0 saturated heterocycles. The normalized spacial score (nSPS) is 13.1. The summed E-state index contributed by atoms with van der Waals surface area (Å²) in [7, 11) is 1.51. The van der Waals surface area contributed by atoms with Crippen molar-refractivity contribution in [3.05, 3.63) is 23.2 Å². The van der Waals surface area contributed by atoms with Gasteiger partial charge in [0.05, 0.1) is 12.1 Å². The van der Waals surface area contributed by atoms with E-state index in [0.29, 0.717) is 16.5 Å². The quantitative estimate of drug-likeness (QED) is 0.752. The number of nitrogens with one attached hydrogen (secondary N) is 2. The van der Waals surface area contributed by atoms with Crippen LogP contribution in [0.4, 0.5) is 10.5 Å². The highest BCUT2D eigenvalue weighted by atomic mass is 35.5. The molecule has 0 saturated carbocycles. The Morgan fingerprint density at radius 1 is 1.43 bits per heavy atom. The molecule has 0 aromatic heterocycles. The molecule has 21 heavy (non-hydrogen) atoms. The fourth-order valence-electron chi connectivity index (χ4n) is 1.82. The number of primary amides is 1. The number of anilines is 1. The Morgan fingerprint density at radius 3 is 2.57 bits per heavy atom. The number of rotatable bonds is 6. The van der Waals surface area contributed by atoms with Crippen LogP contribution < -0.4 is 21.1 Å². The van der Waals surface area contributed by atoms with E-state index in [0.717, 1.165) is 6.42 Å². The zero-order chi connectivity index (χ0) is 16.0. The molecule has 1 aromatic rings. The molecule has 0 spiro atoms. The van der Waals surface area contributed by atoms with E-state index >= 15 is 0 Å². The number of carbonyl (C=O) groups excluding carboxylic acids is 2. The zero-order valence-corrected chi connectivity index (χ0v) is 13.0. The number of hydrogen-bond donors (Lipinski definition) is 3. The van der Waals surface area contributed by atoms with E-state index in [1.165, 1.54) is 7.11 Å². The van der Waals surface area contributed by atoms with Crippen LogP contribution in [-0.4, -0.2) is 25.1 Å². The molecule has 2 atom stereocenters. The van der Waals surface area contributed by atoms with Crippen molar-refractivity contribution in [3.63, 3.8) is 0 Å². The zero-order valence-electron chi connectivity index (χ0n) is 12.3. The summed E-state index contributed by atoms with van der Waals surface area (Å²) in [5.41, 5.74) is 5.63. The van der Waals surface area contributed by atoms with Gasteiger partial charge in [0, 0.05) is 5.69 Å². The lowest BCUT2D eigenvalue weighted by Crippen LogP contribution is -2.49. The van der Waals surface area contributed by atoms with Gasteiger partial charge in [-0.25, -0.2) is 4.79 Å². The third-order valence-corrected chi connectivity index (χ3v) is 3.51. The van der Waals surface area contributed by atoms with Gasteiger partial charge in [0.25, 0.3) is 0 Å². The largest absolute Gasteiger partial charge is 0.495 e. The first kappa shape index (κ1) is 17.1. The van der Waals surface area contributed by atoms with E-state index < -0.39 is 12.1 Å². The Labute approximate surface area is 129 Å². The maximum Gasteiger partial charge on any atom is 0.312 e. The summed E-state index contributed by atoms with van der Waals surface area (Å²) in [4.78, 5) is 23.3. The van der Waals surface area contributed by atoms with Crippen LogP contribution in [-0.2, 0) is 4.79 Å². The van der Waals surface area contributed by atoms with Crippen molar-refractivity contribution in [1.82, 2.24) is 5.32 Å². The Kier molecular flexibility index (Phi) is 6.30. The monoisotopic (exact) mass is 313 g/mol. The van der Waals surface area contributed by atoms with Gasteiger partial charge >= 0.3 is 6.03 Å². The molecule has 4 N–H and O–H groups in total. The highest BCUT2D eigenvalue weighted by Crippen LogP contribution is 2.27. The smallest absolute Gasteiger partial charge is 0.312 e. The van der Waals surface area contributed by atoms with Crippen LogP contribution in [0.3, 0.4) is 0 Å². The standard InChI is InChI=1S/C14H20ClN3O3/c1-4-8(2)12(18-14(16)20)13(19)17-9-5-6-11(21-3)10(15)7-9/h5-8,12H,4H2,1-3H3,(H,17,19)(H3,16,18,20)/t8-,12+/m0/s1. The van der Waals surface area contributed by atoms with Crippen molar-refractivity contribution >= 4 is 29.2 Å². The van der Waals surface area contributed by atoms with Crippen LogP contribution in [0.25, 0.3) is 0 Å². The van der Waals surface area contributed by atoms with Crippen molar-refractivity contribution in [2.45, 2.75) is 26.3 Å². The molecule has 7 heteroatoms. The summed E-state index contributed by atoms with van der Waals surface area (Å²) in [6.07, 6.45) is 0.724. The van der Waals surface area contributed by atoms with E-state index in [9.17, 15) is 9.59 Å². The lowest BCUT2D eigenvalue weighted by molar-refractivity contribution is -0.119. The Bertz CT molecular complexity index is 522. The summed E-state index contributed by atoms with van der Waals surface area (Å²) < 4.78 is 5.04. The van der Waals surface area contributed by atoms with E-state index in [-0.39, 0.29) is 11.8 Å². The fraction of sp³-hybridized carbons (Fsp3) is 0.429. The predicted molar refractivity (Wildman–Crippen MR) is 82.6 cm³/mol. The van der Waals surface area contributed by atoms with Crippen molar-refractivity contribution in [1.29, 1.82) is 0 Å². The number of ether oxygens (including phenoxy) is 1. The molecule has 0 fully saturated rings. The maximum atomic E-state index is 12.3. The molecule has 0 radical (unpaired) electrons. The molecule has 1 rings (SSSR count). The van der Waals surface area contributed by atoms with Crippen molar-refractivity contribution < 1.29 is 14.3 Å². The Hall–Kier alpha value is -1.95. The Balaban J connectivity index is 2.85. The number of hydrogen-bond acceptors (Lipinski definition) is 3. The van der Waals surface area contributed by atoms with E-state index in [2.05, 4.69) is 10.6 Å². The molecule has 1 aromatic carbocycles. The van der Waals surface area contributed by atoms with Gasteiger partial charge in [-0.2, -0.15) is 0 Å². The van der Waals surface area contributed by atoms with Gasteiger partial charge in [-0.1, -0.05) is 31.9 Å². The van der Waals surface area contributed by atoms with Crippen molar-refractivity contribution in [2.75, 3.05) is 12.4 Å². The lowest BCUT2D eigenvalue weighted by atomic mass is 9.98. The third kappa shape index (κ3) is 4.82. The highest BCUT2D eigenvalue weighted by molar-refractivity contribution is 6.32. The van der Waals surface area contributed by atoms with Gasteiger partial charge < -0.3 is 21.1 Å². The van der Waals surface area contributed by atoms with Gasteiger partial charge in [0.15, 0.2) is 0 Å². The van der Waals surface area contributed by atoms with Gasteiger partial charge in [-0.05, 0) is 24.1 Å². The number of amides is 3. The molecule has 0 aliphatic rings. The SMILES string of the molecule is CC[C@H](C)[C@@H](NC(N)=O)C(=O)Nc1ccc(OC)c(Cl)c1. The highest BCUT2D eigenvalue weighted by Gasteiger charge is 2.25. The molecular weight excluding hydrogens is 294 g/mol. The summed E-state index contributed by atoms with van der Waals surface area (Å²) >= 11 is 6.00. The van der Waals surface area contributed by atoms with Crippen molar-refractivity contribution in [2.24, 2.45) is 11.7 Å². The summed E-state index contributed by atoms with van der Waals surface area (Å²) in [5, 5.41) is 5.55. The molecule has 6 nitrogen and oxygen atoms in total. The Morgan fingerprint density at radius 2 is 2.10 bits per heavy atom. The van der Waals surface area contributed by atoms with Crippen LogP contribution in [0.1, 0.15) is 20.3 Å². The third-order valence-electron chi connectivity index (χ3n) is 3.21. The van der Waals surface area contributed by atoms with Crippen LogP contribution in [0.2, 0.25) is 5.02 Å². The molecule has 0 aliphatic carbocycles. The first-order valence-corrected chi connectivity index (χ1v) is 6.97. The molecule has 0 bridgehead atoms. The second-order valence-electron chi connectivity index (χ2n) is 4.71. The second-order valence-corrected chi connectivity index (χ2v) is 5.12. The molecule has 0 aliphatic heterocycles. The van der Waals surface area contributed by atoms with Gasteiger partial charge in [-0.15, -0.1) is 0 Å². The van der Waals surface area contributed by atoms with Crippen molar-refractivity contribution in [3.8, 4) is 5.75 Å². The maximum absolute atomic E-state index is 12.3.